The lowest BCUT2D eigenvalue weighted by atomic mass is 9.46. The molecule has 3 fully saturated rings. The van der Waals surface area contributed by atoms with Crippen molar-refractivity contribution in [2.75, 3.05) is 0 Å². The zero-order chi connectivity index (χ0) is 19.6. The molecule has 0 saturated heterocycles. The molecule has 3 saturated carbocycles. The van der Waals surface area contributed by atoms with Crippen molar-refractivity contribution in [2.24, 2.45) is 28.6 Å². The predicted molar refractivity (Wildman–Crippen MR) is 103 cm³/mol. The van der Waals surface area contributed by atoms with Gasteiger partial charge < -0.3 is 9.84 Å². The molecule has 0 aliphatic heterocycles. The molecule has 4 aliphatic carbocycles. The number of fused-ring (bicyclic) bond motifs is 5. The summed E-state index contributed by atoms with van der Waals surface area (Å²) in [5, 5.41) is 10.1. The maximum absolute atomic E-state index is 12.7. The van der Waals surface area contributed by atoms with Crippen LogP contribution in [0.3, 0.4) is 0 Å². The fourth-order valence-corrected chi connectivity index (χ4v) is 7.70. The van der Waals surface area contributed by atoms with E-state index in [4.69, 9.17) is 4.74 Å². The molecule has 27 heavy (non-hydrogen) atoms. The number of carbonyl (C=O) groups is 2. The zero-order valence-corrected chi connectivity index (χ0v) is 17.2. The van der Waals surface area contributed by atoms with Gasteiger partial charge in [0.15, 0.2) is 11.4 Å². The number of Topliss-reactive ketones (excluding diaryl/α,β-unsaturated/α-hetero) is 1. The Hall–Kier alpha value is -1.16. The SMILES string of the molecule is CC(=O)O[C@]1(C(C)=O)CC[C@@H]2[C@@H]3CC=C4C[C@H](O)CC[C@]4(C)[C@@H]3CC[C@@]21C. The van der Waals surface area contributed by atoms with Crippen LogP contribution in [0.1, 0.15) is 79.1 Å². The minimum Gasteiger partial charge on any atom is -0.451 e. The summed E-state index contributed by atoms with van der Waals surface area (Å²) in [5.41, 5.74) is 0.442. The van der Waals surface area contributed by atoms with Gasteiger partial charge in [-0.15, -0.1) is 0 Å². The standard InChI is InChI=1S/C23H34O4/c1-14(24)23(27-15(2)25)12-9-20-18-6-5-16-13-17(26)7-10-21(16,3)19(18)8-11-22(20,23)4/h5,17-20,26H,6-13H2,1-4H3/t17-,18-,19-,20-,21+,22+,23+/m1/s1. The first-order chi connectivity index (χ1) is 12.6. The van der Waals surface area contributed by atoms with E-state index >= 15 is 0 Å². The second kappa shape index (κ2) is 6.17. The molecule has 0 aromatic rings. The van der Waals surface area contributed by atoms with Gasteiger partial charge in [-0.2, -0.15) is 0 Å². The van der Waals surface area contributed by atoms with Crippen LogP contribution in [-0.2, 0) is 14.3 Å². The predicted octanol–water partition coefficient (Wildman–Crippen LogP) is 4.20. The molecule has 4 heteroatoms. The molecule has 4 rings (SSSR count). The van der Waals surface area contributed by atoms with Gasteiger partial charge in [-0.25, -0.2) is 0 Å². The van der Waals surface area contributed by atoms with Gasteiger partial charge in [-0.1, -0.05) is 25.5 Å². The largest absolute Gasteiger partial charge is 0.451 e. The highest BCUT2D eigenvalue weighted by Crippen LogP contribution is 2.68. The van der Waals surface area contributed by atoms with E-state index in [0.717, 1.165) is 44.9 Å². The lowest BCUT2D eigenvalue weighted by molar-refractivity contribution is -0.186. The van der Waals surface area contributed by atoms with Gasteiger partial charge in [0.05, 0.1) is 6.10 Å². The summed E-state index contributed by atoms with van der Waals surface area (Å²) in [6.45, 7) is 7.64. The Kier molecular flexibility index (Phi) is 4.38. The average molecular weight is 375 g/mol. The summed E-state index contributed by atoms with van der Waals surface area (Å²) in [4.78, 5) is 24.6. The Morgan fingerprint density at radius 1 is 1.07 bits per heavy atom. The summed E-state index contributed by atoms with van der Waals surface area (Å²) >= 11 is 0. The number of aliphatic hydroxyl groups is 1. The molecule has 4 nitrogen and oxygen atoms in total. The van der Waals surface area contributed by atoms with E-state index in [-0.39, 0.29) is 28.7 Å². The molecular weight excluding hydrogens is 340 g/mol. The average Bonchev–Trinajstić information content (AvgIpc) is 2.89. The molecule has 0 unspecified atom stereocenters. The molecule has 7 atom stereocenters. The number of allylic oxidation sites excluding steroid dienone is 1. The topological polar surface area (TPSA) is 63.6 Å². The van der Waals surface area contributed by atoms with Gasteiger partial charge >= 0.3 is 5.97 Å². The molecule has 1 N–H and O–H groups in total. The van der Waals surface area contributed by atoms with Crippen molar-refractivity contribution in [2.45, 2.75) is 90.8 Å². The van der Waals surface area contributed by atoms with Crippen molar-refractivity contribution in [3.8, 4) is 0 Å². The number of ketones is 1. The van der Waals surface area contributed by atoms with Crippen LogP contribution in [-0.4, -0.2) is 28.6 Å². The van der Waals surface area contributed by atoms with Crippen LogP contribution < -0.4 is 0 Å². The maximum atomic E-state index is 12.7. The Labute approximate surface area is 162 Å². The first-order valence-electron chi connectivity index (χ1n) is 10.7. The quantitative estimate of drug-likeness (QED) is 0.581. The Balaban J connectivity index is 1.70. The molecule has 0 radical (unpaired) electrons. The van der Waals surface area contributed by atoms with E-state index < -0.39 is 5.60 Å². The van der Waals surface area contributed by atoms with Crippen LogP contribution in [0, 0.1) is 28.6 Å². The van der Waals surface area contributed by atoms with Crippen molar-refractivity contribution in [1.82, 2.24) is 0 Å². The number of ether oxygens (including phenoxy) is 1. The van der Waals surface area contributed by atoms with Crippen LogP contribution in [0.25, 0.3) is 0 Å². The third-order valence-corrected chi connectivity index (χ3v) is 9.08. The monoisotopic (exact) mass is 374 g/mol. The van der Waals surface area contributed by atoms with Crippen LogP contribution in [0.2, 0.25) is 0 Å². The highest BCUT2D eigenvalue weighted by atomic mass is 16.6. The Bertz CT molecular complexity index is 696. The van der Waals surface area contributed by atoms with Gasteiger partial charge in [0, 0.05) is 12.3 Å². The van der Waals surface area contributed by atoms with Crippen molar-refractivity contribution >= 4 is 11.8 Å². The number of esters is 1. The smallest absolute Gasteiger partial charge is 0.303 e. The summed E-state index contributed by atoms with van der Waals surface area (Å²) in [6.07, 6.45) is 9.68. The molecule has 0 heterocycles. The van der Waals surface area contributed by atoms with Gasteiger partial charge in [-0.3, -0.25) is 9.59 Å². The van der Waals surface area contributed by atoms with E-state index in [2.05, 4.69) is 19.9 Å². The van der Waals surface area contributed by atoms with Crippen molar-refractivity contribution in [3.63, 3.8) is 0 Å². The molecule has 150 valence electrons. The maximum Gasteiger partial charge on any atom is 0.303 e. The minimum absolute atomic E-state index is 0.0141. The fraction of sp³-hybridized carbons (Fsp3) is 0.826. The number of aliphatic hydroxyl groups excluding tert-OH is 1. The molecule has 0 aromatic carbocycles. The normalized spacial score (nSPS) is 48.7. The first-order valence-corrected chi connectivity index (χ1v) is 10.7. The molecule has 0 aromatic heterocycles. The molecule has 0 bridgehead atoms. The van der Waals surface area contributed by atoms with Crippen molar-refractivity contribution < 1.29 is 19.4 Å². The van der Waals surface area contributed by atoms with Gasteiger partial charge in [0.2, 0.25) is 0 Å². The Morgan fingerprint density at radius 3 is 2.44 bits per heavy atom. The van der Waals surface area contributed by atoms with Gasteiger partial charge in [0.1, 0.15) is 0 Å². The lowest BCUT2D eigenvalue weighted by Gasteiger charge is -2.59. The fourth-order valence-electron chi connectivity index (χ4n) is 7.70. The summed E-state index contributed by atoms with van der Waals surface area (Å²) in [6, 6.07) is 0. The van der Waals surface area contributed by atoms with Crippen molar-refractivity contribution in [1.29, 1.82) is 0 Å². The zero-order valence-electron chi connectivity index (χ0n) is 17.2. The summed E-state index contributed by atoms with van der Waals surface area (Å²) < 4.78 is 5.82. The third kappa shape index (κ3) is 2.51. The molecule has 0 amide bonds. The second-order valence-corrected chi connectivity index (χ2v) is 10.1. The number of hydrogen-bond donors (Lipinski definition) is 1. The minimum atomic E-state index is -0.942. The second-order valence-electron chi connectivity index (χ2n) is 10.1. The van der Waals surface area contributed by atoms with Crippen LogP contribution in [0.4, 0.5) is 0 Å². The van der Waals surface area contributed by atoms with E-state index in [1.54, 1.807) is 6.92 Å². The first kappa shape index (κ1) is 19.2. The highest BCUT2D eigenvalue weighted by Gasteiger charge is 2.67. The van der Waals surface area contributed by atoms with Crippen LogP contribution >= 0.6 is 0 Å². The van der Waals surface area contributed by atoms with Crippen molar-refractivity contribution in [3.05, 3.63) is 11.6 Å². The van der Waals surface area contributed by atoms with E-state index in [9.17, 15) is 14.7 Å². The van der Waals surface area contributed by atoms with E-state index in [0.29, 0.717) is 24.2 Å². The third-order valence-electron chi connectivity index (χ3n) is 9.08. The number of hydrogen-bond acceptors (Lipinski definition) is 4. The number of rotatable bonds is 2. The highest BCUT2D eigenvalue weighted by molar-refractivity contribution is 5.89. The summed E-state index contributed by atoms with van der Waals surface area (Å²) in [5.74, 6) is 1.25. The van der Waals surface area contributed by atoms with E-state index in [1.807, 2.05) is 0 Å². The molecule has 4 aliphatic rings. The van der Waals surface area contributed by atoms with Gasteiger partial charge in [0.25, 0.3) is 0 Å². The van der Waals surface area contributed by atoms with E-state index in [1.165, 1.54) is 12.5 Å². The summed E-state index contributed by atoms with van der Waals surface area (Å²) in [7, 11) is 0. The lowest BCUT2D eigenvalue weighted by Crippen LogP contribution is -2.58. The van der Waals surface area contributed by atoms with Crippen LogP contribution in [0.15, 0.2) is 11.6 Å². The molecular formula is C23H34O4. The van der Waals surface area contributed by atoms with Gasteiger partial charge in [-0.05, 0) is 81.5 Å². The van der Waals surface area contributed by atoms with Crippen LogP contribution in [0.5, 0.6) is 0 Å². The number of carbonyl (C=O) groups excluding carboxylic acids is 2. The molecule has 0 spiro atoms. The Morgan fingerprint density at radius 2 is 1.78 bits per heavy atom.